The zero-order valence-corrected chi connectivity index (χ0v) is 15.5. The van der Waals surface area contributed by atoms with Gasteiger partial charge in [-0.1, -0.05) is 11.6 Å². The summed E-state index contributed by atoms with van der Waals surface area (Å²) in [7, 11) is 1.86. The summed E-state index contributed by atoms with van der Waals surface area (Å²) >= 11 is 6.25. The highest BCUT2D eigenvalue weighted by molar-refractivity contribution is 6.30. The Morgan fingerprint density at radius 1 is 1.33 bits per heavy atom. The lowest BCUT2D eigenvalue weighted by molar-refractivity contribution is 0.516. The minimum atomic E-state index is -0.185. The zero-order chi connectivity index (χ0) is 16.4. The van der Waals surface area contributed by atoms with Crippen molar-refractivity contribution in [2.45, 2.75) is 19.9 Å². The molecule has 132 valence electrons. The summed E-state index contributed by atoms with van der Waals surface area (Å²) in [4.78, 5) is 2.31. The second-order valence-electron chi connectivity index (χ2n) is 6.19. The van der Waals surface area contributed by atoms with Gasteiger partial charge in [0.2, 0.25) is 0 Å². The zero-order valence-electron chi connectivity index (χ0n) is 13.9. The number of aromatic nitrogens is 2. The Morgan fingerprint density at radius 3 is 2.67 bits per heavy atom. The van der Waals surface area contributed by atoms with Gasteiger partial charge in [0.25, 0.3) is 0 Å². The molecule has 1 aromatic heterocycles. The van der Waals surface area contributed by atoms with Crippen molar-refractivity contribution in [3.8, 4) is 0 Å². The molecule has 0 spiro atoms. The number of benzene rings is 1. The van der Waals surface area contributed by atoms with Gasteiger partial charge in [-0.25, -0.2) is 4.39 Å². The van der Waals surface area contributed by atoms with E-state index in [4.69, 9.17) is 11.6 Å². The van der Waals surface area contributed by atoms with Crippen molar-refractivity contribution in [2.75, 3.05) is 24.5 Å². The first-order valence-corrected chi connectivity index (χ1v) is 8.31. The van der Waals surface area contributed by atoms with Gasteiger partial charge in [0.1, 0.15) is 11.0 Å². The number of nitrogens with one attached hydrogen (secondary N) is 1. The largest absolute Gasteiger partial charge is 0.371 e. The van der Waals surface area contributed by atoms with Crippen LogP contribution in [0.2, 0.25) is 5.15 Å². The fourth-order valence-corrected chi connectivity index (χ4v) is 3.40. The second-order valence-corrected chi connectivity index (χ2v) is 6.54. The Labute approximate surface area is 153 Å². The van der Waals surface area contributed by atoms with Gasteiger partial charge in [0, 0.05) is 44.5 Å². The number of hydrogen-bond donors (Lipinski definition) is 1. The van der Waals surface area contributed by atoms with Gasteiger partial charge in [0.05, 0.1) is 5.69 Å². The summed E-state index contributed by atoms with van der Waals surface area (Å²) in [5.41, 5.74) is 3.15. The smallest absolute Gasteiger partial charge is 0.131 e. The van der Waals surface area contributed by atoms with Gasteiger partial charge in [-0.05, 0) is 43.5 Å². The third kappa shape index (κ3) is 4.21. The number of hydrogen-bond acceptors (Lipinski definition) is 3. The molecule has 1 saturated heterocycles. The van der Waals surface area contributed by atoms with Crippen LogP contribution < -0.4 is 10.2 Å². The Hall–Kier alpha value is -1.30. The highest BCUT2D eigenvalue weighted by Gasteiger charge is 2.22. The SMILES string of the molecule is Cc1nn(C)c(Cl)c1CNCC1CCN(c2ccc(F)cc2)C1.Cl. The third-order valence-corrected chi connectivity index (χ3v) is 4.96. The van der Waals surface area contributed by atoms with Crippen LogP contribution >= 0.6 is 24.0 Å². The summed E-state index contributed by atoms with van der Waals surface area (Å²) in [6, 6.07) is 6.75. The van der Waals surface area contributed by atoms with Crippen LogP contribution in [0.5, 0.6) is 0 Å². The maximum Gasteiger partial charge on any atom is 0.131 e. The second kappa shape index (κ2) is 8.19. The number of anilines is 1. The Morgan fingerprint density at radius 2 is 2.04 bits per heavy atom. The average Bonchev–Trinajstić information content (AvgIpc) is 3.08. The third-order valence-electron chi connectivity index (χ3n) is 4.48. The number of aryl methyl sites for hydroxylation is 2. The Kier molecular flexibility index (Phi) is 6.49. The summed E-state index contributed by atoms with van der Waals surface area (Å²) in [5, 5.41) is 8.52. The van der Waals surface area contributed by atoms with E-state index in [0.29, 0.717) is 11.1 Å². The molecule has 1 aliphatic rings. The fourth-order valence-electron chi connectivity index (χ4n) is 3.16. The first-order chi connectivity index (χ1) is 11.0. The van der Waals surface area contributed by atoms with E-state index in [1.165, 1.54) is 12.1 Å². The summed E-state index contributed by atoms with van der Waals surface area (Å²) < 4.78 is 14.7. The molecule has 0 aliphatic carbocycles. The van der Waals surface area contributed by atoms with Crippen LogP contribution in [0.3, 0.4) is 0 Å². The lowest BCUT2D eigenvalue weighted by Gasteiger charge is -2.18. The van der Waals surface area contributed by atoms with Crippen molar-refractivity contribution < 1.29 is 4.39 Å². The van der Waals surface area contributed by atoms with Crippen LogP contribution in [0.1, 0.15) is 17.7 Å². The molecule has 4 nitrogen and oxygen atoms in total. The highest BCUT2D eigenvalue weighted by Crippen LogP contribution is 2.24. The fraction of sp³-hybridized carbons (Fsp3) is 0.471. The van der Waals surface area contributed by atoms with Crippen molar-refractivity contribution >= 4 is 29.7 Å². The minimum Gasteiger partial charge on any atom is -0.371 e. The van der Waals surface area contributed by atoms with Gasteiger partial charge < -0.3 is 10.2 Å². The average molecular weight is 373 g/mol. The van der Waals surface area contributed by atoms with Crippen molar-refractivity contribution in [3.63, 3.8) is 0 Å². The van der Waals surface area contributed by atoms with Crippen LogP contribution in [-0.4, -0.2) is 29.4 Å². The molecule has 0 amide bonds. The van der Waals surface area contributed by atoms with E-state index < -0.39 is 0 Å². The molecule has 1 atom stereocenters. The highest BCUT2D eigenvalue weighted by atomic mass is 35.5. The first-order valence-electron chi connectivity index (χ1n) is 7.94. The molecule has 0 radical (unpaired) electrons. The van der Waals surface area contributed by atoms with Gasteiger partial charge in [-0.3, -0.25) is 4.68 Å². The number of nitrogens with zero attached hydrogens (tertiary/aromatic N) is 3. The molecule has 7 heteroatoms. The van der Waals surface area contributed by atoms with E-state index in [-0.39, 0.29) is 18.2 Å². The van der Waals surface area contributed by atoms with Crippen LogP contribution in [0, 0.1) is 18.7 Å². The van der Waals surface area contributed by atoms with E-state index >= 15 is 0 Å². The van der Waals surface area contributed by atoms with Gasteiger partial charge in [-0.15, -0.1) is 12.4 Å². The molecule has 0 bridgehead atoms. The molecule has 1 N–H and O–H groups in total. The Balaban J connectivity index is 0.00000208. The Bertz CT molecular complexity index is 672. The topological polar surface area (TPSA) is 33.1 Å². The van der Waals surface area contributed by atoms with Crippen LogP contribution in [0.15, 0.2) is 24.3 Å². The summed E-state index contributed by atoms with van der Waals surface area (Å²) in [6.07, 6.45) is 1.14. The molecule has 1 aliphatic heterocycles. The normalized spacial score (nSPS) is 17.2. The van der Waals surface area contributed by atoms with Crippen molar-refractivity contribution in [1.29, 1.82) is 0 Å². The van der Waals surface area contributed by atoms with E-state index in [1.807, 2.05) is 26.1 Å². The van der Waals surface area contributed by atoms with Gasteiger partial charge in [-0.2, -0.15) is 5.10 Å². The molecular formula is C17H23Cl2FN4. The van der Waals surface area contributed by atoms with E-state index in [2.05, 4.69) is 15.3 Å². The standard InChI is InChI=1S/C17H22ClFN4.ClH/c1-12-16(17(18)22(2)21-12)10-20-9-13-7-8-23(11-13)15-5-3-14(19)4-6-15;/h3-6,13,20H,7-11H2,1-2H3;1H. The predicted octanol–water partition coefficient (Wildman–Crippen LogP) is 3.56. The maximum absolute atomic E-state index is 13.0. The summed E-state index contributed by atoms with van der Waals surface area (Å²) in [6.45, 7) is 5.69. The predicted molar refractivity (Wildman–Crippen MR) is 98.6 cm³/mol. The van der Waals surface area contributed by atoms with Crippen molar-refractivity contribution in [1.82, 2.24) is 15.1 Å². The van der Waals surface area contributed by atoms with Gasteiger partial charge in [0.15, 0.2) is 0 Å². The van der Waals surface area contributed by atoms with E-state index in [1.54, 1.807) is 4.68 Å². The van der Waals surface area contributed by atoms with Crippen LogP contribution in [0.4, 0.5) is 10.1 Å². The maximum atomic E-state index is 13.0. The first kappa shape index (κ1) is 19.0. The molecule has 1 fully saturated rings. The minimum absolute atomic E-state index is 0. The molecular weight excluding hydrogens is 350 g/mol. The molecule has 1 unspecified atom stereocenters. The molecule has 0 saturated carbocycles. The van der Waals surface area contributed by atoms with Crippen LogP contribution in [-0.2, 0) is 13.6 Å². The molecule has 2 heterocycles. The summed E-state index contributed by atoms with van der Waals surface area (Å²) in [5.74, 6) is 0.408. The van der Waals surface area contributed by atoms with E-state index in [0.717, 1.165) is 49.5 Å². The molecule has 3 rings (SSSR count). The van der Waals surface area contributed by atoms with Crippen LogP contribution in [0.25, 0.3) is 0 Å². The lowest BCUT2D eigenvalue weighted by atomic mass is 10.1. The molecule has 1 aromatic carbocycles. The van der Waals surface area contributed by atoms with Crippen molar-refractivity contribution in [3.05, 3.63) is 46.5 Å². The molecule has 24 heavy (non-hydrogen) atoms. The number of rotatable bonds is 5. The lowest BCUT2D eigenvalue weighted by Crippen LogP contribution is -2.26. The van der Waals surface area contributed by atoms with Gasteiger partial charge >= 0.3 is 0 Å². The monoisotopic (exact) mass is 372 g/mol. The number of halogens is 3. The van der Waals surface area contributed by atoms with E-state index in [9.17, 15) is 4.39 Å². The quantitative estimate of drug-likeness (QED) is 0.870. The molecule has 2 aromatic rings. The van der Waals surface area contributed by atoms with Crippen molar-refractivity contribution in [2.24, 2.45) is 13.0 Å².